The Morgan fingerprint density at radius 3 is 2.75 bits per heavy atom. The molecule has 2 N–H and O–H groups in total. The molecule has 0 aromatic heterocycles. The third-order valence-corrected chi connectivity index (χ3v) is 2.93. The van der Waals surface area contributed by atoms with Crippen LogP contribution in [-0.2, 0) is 4.79 Å². The number of carbonyl (C=O) groups is 1. The lowest BCUT2D eigenvalue weighted by Gasteiger charge is -2.31. The van der Waals surface area contributed by atoms with Crippen molar-refractivity contribution in [1.82, 2.24) is 0 Å². The third-order valence-electron chi connectivity index (χ3n) is 2.93. The molecule has 86 valence electrons. The van der Waals surface area contributed by atoms with Crippen LogP contribution >= 0.6 is 0 Å². The van der Waals surface area contributed by atoms with Crippen LogP contribution in [0.2, 0.25) is 0 Å². The number of nitrogens with one attached hydrogen (secondary N) is 1. The van der Waals surface area contributed by atoms with Crippen LogP contribution < -0.4 is 10.2 Å². The Labute approximate surface area is 94.9 Å². The SMILES string of the molecule is Cc1cc2c(cc1C)N(CCO)CC(=O)N2. The van der Waals surface area contributed by atoms with Crippen LogP contribution in [0.4, 0.5) is 11.4 Å². The number of carbonyl (C=O) groups excluding carboxylic acids is 1. The minimum absolute atomic E-state index is 0.0239. The number of rotatable bonds is 2. The van der Waals surface area contributed by atoms with E-state index in [2.05, 4.69) is 11.4 Å². The Kier molecular flexibility index (Phi) is 2.83. The van der Waals surface area contributed by atoms with E-state index in [4.69, 9.17) is 5.11 Å². The van der Waals surface area contributed by atoms with Gasteiger partial charge in [-0.25, -0.2) is 0 Å². The summed E-state index contributed by atoms with van der Waals surface area (Å²) in [5, 5.41) is 11.8. The monoisotopic (exact) mass is 220 g/mol. The minimum atomic E-state index is -0.0239. The van der Waals surface area contributed by atoms with E-state index in [9.17, 15) is 4.79 Å². The van der Waals surface area contributed by atoms with E-state index in [1.807, 2.05) is 24.8 Å². The molecule has 0 fully saturated rings. The van der Waals surface area contributed by atoms with Crippen LogP contribution in [0.15, 0.2) is 12.1 Å². The minimum Gasteiger partial charge on any atom is -0.395 e. The molecular formula is C12H16N2O2. The van der Waals surface area contributed by atoms with E-state index in [0.29, 0.717) is 13.1 Å². The highest BCUT2D eigenvalue weighted by Crippen LogP contribution is 2.31. The average molecular weight is 220 g/mol. The molecule has 0 bridgehead atoms. The van der Waals surface area contributed by atoms with Gasteiger partial charge in [0.25, 0.3) is 0 Å². The number of aliphatic hydroxyl groups is 1. The van der Waals surface area contributed by atoms with Crippen LogP contribution in [0, 0.1) is 13.8 Å². The van der Waals surface area contributed by atoms with Gasteiger partial charge in [-0.3, -0.25) is 4.79 Å². The fourth-order valence-electron chi connectivity index (χ4n) is 1.93. The number of aryl methyl sites for hydroxylation is 2. The molecule has 0 unspecified atom stereocenters. The molecule has 4 heteroatoms. The van der Waals surface area contributed by atoms with Crippen LogP contribution in [0.5, 0.6) is 0 Å². The highest BCUT2D eigenvalue weighted by molar-refractivity contribution is 6.01. The lowest BCUT2D eigenvalue weighted by Crippen LogP contribution is -2.39. The van der Waals surface area contributed by atoms with Gasteiger partial charge in [-0.05, 0) is 37.1 Å². The van der Waals surface area contributed by atoms with Crippen molar-refractivity contribution >= 4 is 17.3 Å². The zero-order valence-corrected chi connectivity index (χ0v) is 9.58. The van der Waals surface area contributed by atoms with Gasteiger partial charge >= 0.3 is 0 Å². The Balaban J connectivity index is 2.44. The molecule has 4 nitrogen and oxygen atoms in total. The van der Waals surface area contributed by atoms with Crippen molar-refractivity contribution in [2.24, 2.45) is 0 Å². The number of hydrogen-bond acceptors (Lipinski definition) is 3. The highest BCUT2D eigenvalue weighted by atomic mass is 16.3. The normalized spacial score (nSPS) is 14.7. The largest absolute Gasteiger partial charge is 0.395 e. The quantitative estimate of drug-likeness (QED) is 0.783. The predicted octanol–water partition coefficient (Wildman–Crippen LogP) is 1.05. The van der Waals surface area contributed by atoms with Crippen molar-refractivity contribution in [3.05, 3.63) is 23.3 Å². The summed E-state index contributed by atoms with van der Waals surface area (Å²) >= 11 is 0. The first-order valence-corrected chi connectivity index (χ1v) is 5.38. The van der Waals surface area contributed by atoms with Gasteiger partial charge in [0.15, 0.2) is 0 Å². The summed E-state index contributed by atoms with van der Waals surface area (Å²) in [4.78, 5) is 13.4. The summed E-state index contributed by atoms with van der Waals surface area (Å²) in [6.07, 6.45) is 0. The molecule has 0 atom stereocenters. The van der Waals surface area contributed by atoms with Gasteiger partial charge in [0, 0.05) is 6.54 Å². The Bertz CT molecular complexity index is 429. The second-order valence-corrected chi connectivity index (χ2v) is 4.15. The fraction of sp³-hybridized carbons (Fsp3) is 0.417. The topological polar surface area (TPSA) is 52.6 Å². The Hall–Kier alpha value is -1.55. The van der Waals surface area contributed by atoms with Crippen molar-refractivity contribution in [3.8, 4) is 0 Å². The lowest BCUT2D eigenvalue weighted by molar-refractivity contribution is -0.115. The van der Waals surface area contributed by atoms with Crippen molar-refractivity contribution < 1.29 is 9.90 Å². The fourth-order valence-corrected chi connectivity index (χ4v) is 1.93. The van der Waals surface area contributed by atoms with E-state index < -0.39 is 0 Å². The second kappa shape index (κ2) is 4.14. The summed E-state index contributed by atoms with van der Waals surface area (Å²) in [6.45, 7) is 4.93. The first-order chi connectivity index (χ1) is 7.61. The zero-order valence-electron chi connectivity index (χ0n) is 9.58. The van der Waals surface area contributed by atoms with Gasteiger partial charge in [0.05, 0.1) is 24.5 Å². The van der Waals surface area contributed by atoms with E-state index in [1.165, 1.54) is 5.56 Å². The molecule has 0 saturated heterocycles. The summed E-state index contributed by atoms with van der Waals surface area (Å²) in [7, 11) is 0. The van der Waals surface area contributed by atoms with Crippen LogP contribution in [0.3, 0.4) is 0 Å². The van der Waals surface area contributed by atoms with Crippen molar-refractivity contribution in [2.45, 2.75) is 13.8 Å². The number of amides is 1. The van der Waals surface area contributed by atoms with Gasteiger partial charge in [-0.1, -0.05) is 0 Å². The first kappa shape index (κ1) is 11.0. The maximum Gasteiger partial charge on any atom is 0.243 e. The predicted molar refractivity (Wildman–Crippen MR) is 63.8 cm³/mol. The number of benzene rings is 1. The van der Waals surface area contributed by atoms with Crippen LogP contribution in [0.1, 0.15) is 11.1 Å². The maximum absolute atomic E-state index is 11.5. The molecule has 0 spiro atoms. The summed E-state index contributed by atoms with van der Waals surface area (Å²) in [5.41, 5.74) is 4.19. The molecule has 0 aliphatic carbocycles. The number of β-amino-alcohol motifs (C(OH)–C–C–N with tert-alkyl or cyclic N) is 1. The molecule has 0 saturated carbocycles. The number of aliphatic hydroxyl groups excluding tert-OH is 1. The molecule has 1 heterocycles. The summed E-state index contributed by atoms with van der Waals surface area (Å²) in [6, 6.07) is 4.03. The first-order valence-electron chi connectivity index (χ1n) is 5.38. The highest BCUT2D eigenvalue weighted by Gasteiger charge is 2.21. The van der Waals surface area contributed by atoms with E-state index in [0.717, 1.165) is 16.9 Å². The number of anilines is 2. The van der Waals surface area contributed by atoms with Crippen molar-refractivity contribution in [1.29, 1.82) is 0 Å². The summed E-state index contributed by atoms with van der Waals surface area (Å²) in [5.74, 6) is -0.0239. The number of fused-ring (bicyclic) bond motifs is 1. The standard InChI is InChI=1S/C12H16N2O2/c1-8-5-10-11(6-9(8)2)14(3-4-15)7-12(16)13-10/h5-6,15H,3-4,7H2,1-2H3,(H,13,16). The third kappa shape index (κ3) is 1.88. The van der Waals surface area contributed by atoms with Crippen LogP contribution in [0.25, 0.3) is 0 Å². The molecule has 2 rings (SSSR count). The van der Waals surface area contributed by atoms with Crippen LogP contribution in [-0.4, -0.2) is 30.7 Å². The van der Waals surface area contributed by atoms with Gasteiger partial charge in [0.2, 0.25) is 5.91 Å². The smallest absolute Gasteiger partial charge is 0.243 e. The van der Waals surface area contributed by atoms with Gasteiger partial charge in [0.1, 0.15) is 0 Å². The molecule has 1 aliphatic rings. The zero-order chi connectivity index (χ0) is 11.7. The molecule has 1 aromatic carbocycles. The van der Waals surface area contributed by atoms with Crippen molar-refractivity contribution in [3.63, 3.8) is 0 Å². The lowest BCUT2D eigenvalue weighted by atomic mass is 10.1. The van der Waals surface area contributed by atoms with Gasteiger partial charge < -0.3 is 15.3 Å². The Morgan fingerprint density at radius 2 is 2.06 bits per heavy atom. The maximum atomic E-state index is 11.5. The molecule has 1 aliphatic heterocycles. The van der Waals surface area contributed by atoms with E-state index in [-0.39, 0.29) is 12.5 Å². The molecular weight excluding hydrogens is 204 g/mol. The van der Waals surface area contributed by atoms with Gasteiger partial charge in [-0.15, -0.1) is 0 Å². The summed E-state index contributed by atoms with van der Waals surface area (Å²) < 4.78 is 0. The Morgan fingerprint density at radius 1 is 1.38 bits per heavy atom. The average Bonchev–Trinajstić information content (AvgIpc) is 2.21. The molecule has 1 aromatic rings. The number of nitrogens with zero attached hydrogens (tertiary/aromatic N) is 1. The molecule has 16 heavy (non-hydrogen) atoms. The molecule has 1 amide bonds. The van der Waals surface area contributed by atoms with Crippen molar-refractivity contribution in [2.75, 3.05) is 29.9 Å². The molecule has 0 radical (unpaired) electrons. The second-order valence-electron chi connectivity index (χ2n) is 4.15. The van der Waals surface area contributed by atoms with E-state index in [1.54, 1.807) is 0 Å². The van der Waals surface area contributed by atoms with E-state index >= 15 is 0 Å². The van der Waals surface area contributed by atoms with Gasteiger partial charge in [-0.2, -0.15) is 0 Å². The number of hydrogen-bond donors (Lipinski definition) is 2.